The third-order valence-corrected chi connectivity index (χ3v) is 4.49. The topological polar surface area (TPSA) is 60.2 Å². The van der Waals surface area contributed by atoms with Gasteiger partial charge in [0.15, 0.2) is 0 Å². The van der Waals surface area contributed by atoms with Gasteiger partial charge in [-0.05, 0) is 12.1 Å². The smallest absolute Gasteiger partial charge is 0.256 e. The van der Waals surface area contributed by atoms with Crippen LogP contribution in [0.15, 0.2) is 81.2 Å². The van der Waals surface area contributed by atoms with Gasteiger partial charge in [0.25, 0.3) is 5.09 Å². The summed E-state index contributed by atoms with van der Waals surface area (Å²) in [7, 11) is -3.66. The van der Waals surface area contributed by atoms with Gasteiger partial charge in [0, 0.05) is 11.6 Å². The minimum Gasteiger partial charge on any atom is -0.344 e. The number of hydrogen-bond acceptors (Lipinski definition) is 4. The van der Waals surface area contributed by atoms with Gasteiger partial charge in [-0.1, -0.05) is 53.7 Å². The molecule has 0 aliphatic rings. The van der Waals surface area contributed by atoms with E-state index in [1.54, 1.807) is 18.2 Å². The summed E-state index contributed by atoms with van der Waals surface area (Å²) < 4.78 is 29.7. The van der Waals surface area contributed by atoms with Crippen LogP contribution in [0.3, 0.4) is 0 Å². The lowest BCUT2D eigenvalue weighted by Gasteiger charge is -1.98. The van der Waals surface area contributed by atoms with Gasteiger partial charge in [0.2, 0.25) is 9.84 Å². The number of hydrogen-bond donors (Lipinski definition) is 0. The highest BCUT2D eigenvalue weighted by molar-refractivity contribution is 7.91. The van der Waals surface area contributed by atoms with Gasteiger partial charge in [0.05, 0.1) is 4.90 Å². The fourth-order valence-electron chi connectivity index (χ4n) is 1.85. The highest BCUT2D eigenvalue weighted by Gasteiger charge is 2.23. The van der Waals surface area contributed by atoms with Crippen LogP contribution in [0.4, 0.5) is 0 Å². The van der Waals surface area contributed by atoms with E-state index in [0.717, 1.165) is 5.56 Å². The predicted octanol–water partition coefficient (Wildman–Crippen LogP) is 3.17. The molecular weight excluding hydrogens is 274 g/mol. The molecule has 20 heavy (non-hydrogen) atoms. The SMILES string of the molecule is O=S(=O)(c1ccccc1)c1cc(-c2ccccc2)no1. The zero-order valence-electron chi connectivity index (χ0n) is 10.4. The Balaban J connectivity index is 2.03. The van der Waals surface area contributed by atoms with Crippen molar-refractivity contribution in [2.45, 2.75) is 9.99 Å². The van der Waals surface area contributed by atoms with Crippen molar-refractivity contribution in [2.75, 3.05) is 0 Å². The van der Waals surface area contributed by atoms with Crippen molar-refractivity contribution in [3.63, 3.8) is 0 Å². The van der Waals surface area contributed by atoms with Crippen LogP contribution in [0.25, 0.3) is 11.3 Å². The highest BCUT2D eigenvalue weighted by Crippen LogP contribution is 2.25. The van der Waals surface area contributed by atoms with Crippen LogP contribution < -0.4 is 0 Å². The molecule has 0 atom stereocenters. The Hall–Kier alpha value is -2.40. The van der Waals surface area contributed by atoms with Crippen LogP contribution in [0, 0.1) is 0 Å². The van der Waals surface area contributed by atoms with Crippen molar-refractivity contribution in [1.29, 1.82) is 0 Å². The van der Waals surface area contributed by atoms with Gasteiger partial charge in [-0.2, -0.15) is 0 Å². The zero-order chi connectivity index (χ0) is 14.0. The molecule has 5 heteroatoms. The van der Waals surface area contributed by atoms with Crippen molar-refractivity contribution in [1.82, 2.24) is 5.16 Å². The minimum atomic E-state index is -3.66. The maximum Gasteiger partial charge on any atom is 0.256 e. The van der Waals surface area contributed by atoms with Gasteiger partial charge in [-0.3, -0.25) is 0 Å². The summed E-state index contributed by atoms with van der Waals surface area (Å²) in [5, 5.41) is 3.67. The Morgan fingerprint density at radius 3 is 2.10 bits per heavy atom. The molecule has 0 aliphatic carbocycles. The highest BCUT2D eigenvalue weighted by atomic mass is 32.2. The Morgan fingerprint density at radius 1 is 0.850 bits per heavy atom. The molecule has 0 N–H and O–H groups in total. The van der Waals surface area contributed by atoms with E-state index >= 15 is 0 Å². The van der Waals surface area contributed by atoms with E-state index in [4.69, 9.17) is 4.52 Å². The van der Waals surface area contributed by atoms with E-state index in [2.05, 4.69) is 5.16 Å². The molecule has 0 unspecified atom stereocenters. The van der Waals surface area contributed by atoms with Crippen LogP contribution in [0.2, 0.25) is 0 Å². The number of sulfone groups is 1. The van der Waals surface area contributed by atoms with Gasteiger partial charge < -0.3 is 4.52 Å². The van der Waals surface area contributed by atoms with Gasteiger partial charge in [-0.15, -0.1) is 0 Å². The molecule has 0 aliphatic heterocycles. The molecule has 0 saturated carbocycles. The molecule has 0 radical (unpaired) electrons. The quantitative estimate of drug-likeness (QED) is 0.741. The van der Waals surface area contributed by atoms with E-state index in [0.29, 0.717) is 5.69 Å². The van der Waals surface area contributed by atoms with Crippen molar-refractivity contribution in [3.8, 4) is 11.3 Å². The summed E-state index contributed by atoms with van der Waals surface area (Å²) in [4.78, 5) is 0.191. The molecule has 3 rings (SSSR count). The molecule has 3 aromatic rings. The second-order valence-electron chi connectivity index (χ2n) is 4.21. The monoisotopic (exact) mass is 285 g/mol. The Bertz CT molecular complexity index is 809. The number of rotatable bonds is 3. The number of benzene rings is 2. The van der Waals surface area contributed by atoms with Crippen molar-refractivity contribution >= 4 is 9.84 Å². The molecule has 0 amide bonds. The lowest BCUT2D eigenvalue weighted by Crippen LogP contribution is -1.99. The summed E-state index contributed by atoms with van der Waals surface area (Å²) in [5.74, 6) is 0. The predicted molar refractivity (Wildman–Crippen MR) is 73.8 cm³/mol. The van der Waals surface area contributed by atoms with Gasteiger partial charge in [-0.25, -0.2) is 8.42 Å². The standard InChI is InChI=1S/C15H11NO3S/c17-20(18,13-9-5-2-6-10-13)15-11-14(16-19-15)12-7-3-1-4-8-12/h1-11H. The van der Waals surface area contributed by atoms with E-state index in [9.17, 15) is 8.42 Å². The fourth-order valence-corrected chi connectivity index (χ4v) is 3.00. The van der Waals surface area contributed by atoms with Crippen LogP contribution in [-0.4, -0.2) is 13.6 Å². The number of nitrogens with zero attached hydrogens (tertiary/aromatic N) is 1. The van der Waals surface area contributed by atoms with Crippen LogP contribution in [0.5, 0.6) is 0 Å². The van der Waals surface area contributed by atoms with Gasteiger partial charge >= 0.3 is 0 Å². The van der Waals surface area contributed by atoms with Crippen molar-refractivity contribution in [3.05, 3.63) is 66.7 Å². The first kappa shape index (κ1) is 12.6. The largest absolute Gasteiger partial charge is 0.344 e. The summed E-state index contributed by atoms with van der Waals surface area (Å²) in [5.41, 5.74) is 1.31. The van der Waals surface area contributed by atoms with E-state index in [1.807, 2.05) is 30.3 Å². The lowest BCUT2D eigenvalue weighted by atomic mass is 10.2. The first-order valence-corrected chi connectivity index (χ1v) is 7.48. The second kappa shape index (κ2) is 4.94. The zero-order valence-corrected chi connectivity index (χ0v) is 11.2. The van der Waals surface area contributed by atoms with Crippen molar-refractivity contribution < 1.29 is 12.9 Å². The Labute approximate surface area is 116 Å². The average molecular weight is 285 g/mol. The second-order valence-corrected chi connectivity index (χ2v) is 6.09. The summed E-state index contributed by atoms with van der Waals surface area (Å²) >= 11 is 0. The molecule has 2 aromatic carbocycles. The molecular formula is C15H11NO3S. The van der Waals surface area contributed by atoms with Crippen molar-refractivity contribution in [2.24, 2.45) is 0 Å². The molecule has 1 heterocycles. The first-order valence-electron chi connectivity index (χ1n) is 6.00. The van der Waals surface area contributed by atoms with E-state index in [1.165, 1.54) is 18.2 Å². The lowest BCUT2D eigenvalue weighted by molar-refractivity contribution is 0.341. The minimum absolute atomic E-state index is 0.150. The molecule has 1 aromatic heterocycles. The summed E-state index contributed by atoms with van der Waals surface area (Å²) in [6, 6.07) is 18.9. The normalized spacial score (nSPS) is 11.4. The maximum atomic E-state index is 12.3. The third kappa shape index (κ3) is 2.23. The summed E-state index contributed by atoms with van der Waals surface area (Å²) in [6.07, 6.45) is 0. The van der Waals surface area contributed by atoms with E-state index < -0.39 is 9.84 Å². The third-order valence-electron chi connectivity index (χ3n) is 2.88. The van der Waals surface area contributed by atoms with E-state index in [-0.39, 0.29) is 9.99 Å². The Kier molecular flexibility index (Phi) is 3.12. The number of aromatic nitrogens is 1. The van der Waals surface area contributed by atoms with Crippen LogP contribution >= 0.6 is 0 Å². The molecule has 0 saturated heterocycles. The molecule has 4 nitrogen and oxygen atoms in total. The fraction of sp³-hybridized carbons (Fsp3) is 0. The Morgan fingerprint density at radius 2 is 1.45 bits per heavy atom. The van der Waals surface area contributed by atoms with Gasteiger partial charge in [0.1, 0.15) is 5.69 Å². The summed E-state index contributed by atoms with van der Waals surface area (Å²) in [6.45, 7) is 0. The van der Waals surface area contributed by atoms with Crippen LogP contribution in [-0.2, 0) is 9.84 Å². The maximum absolute atomic E-state index is 12.3. The molecule has 0 bridgehead atoms. The molecule has 100 valence electrons. The average Bonchev–Trinajstić information content (AvgIpc) is 3.00. The molecule has 0 spiro atoms. The molecule has 0 fully saturated rings. The first-order chi connectivity index (χ1) is 9.68. The van der Waals surface area contributed by atoms with Crippen LogP contribution in [0.1, 0.15) is 0 Å².